The molecule has 0 unspecified atom stereocenters. The van der Waals surface area contributed by atoms with Crippen LogP contribution in [-0.2, 0) is 0 Å². The third kappa shape index (κ3) is 3.84. The van der Waals surface area contributed by atoms with Crippen molar-refractivity contribution in [1.82, 2.24) is 5.32 Å². The van der Waals surface area contributed by atoms with Gasteiger partial charge in [0.25, 0.3) is 0 Å². The Hall–Kier alpha value is -1.65. The predicted molar refractivity (Wildman–Crippen MR) is 47.8 cm³/mol. The van der Waals surface area contributed by atoms with Crippen LogP contribution >= 0.6 is 0 Å². The molecular weight excluding hydrogens is 193 g/mol. The number of rotatable bonds is 1. The molecule has 1 rings (SSSR count). The van der Waals surface area contributed by atoms with Crippen LogP contribution in [0.5, 0.6) is 0 Å². The third-order valence-corrected chi connectivity index (χ3v) is 1.41. The molecule has 2 nitrogen and oxygen atoms in total. The second-order valence-electron chi connectivity index (χ2n) is 2.63. The summed E-state index contributed by atoms with van der Waals surface area (Å²) in [6.07, 6.45) is 4.10. The Bertz CT molecular complexity index is 321. The van der Waals surface area contributed by atoms with Gasteiger partial charge in [-0.05, 0) is 24.3 Å². The van der Waals surface area contributed by atoms with Gasteiger partial charge in [-0.1, -0.05) is 12.2 Å². The quantitative estimate of drug-likeness (QED) is 0.638. The maximum atomic E-state index is 11.9. The first-order valence-electron chi connectivity index (χ1n) is 3.84. The molecule has 0 aromatic heterocycles. The van der Waals surface area contributed by atoms with E-state index in [9.17, 15) is 13.2 Å². The van der Waals surface area contributed by atoms with E-state index in [1.165, 1.54) is 41.8 Å². The first kappa shape index (κ1) is 10.4. The van der Waals surface area contributed by atoms with Crippen molar-refractivity contribution in [2.45, 2.75) is 6.30 Å². The number of halogens is 3. The lowest BCUT2D eigenvalue weighted by Gasteiger charge is -2.10. The van der Waals surface area contributed by atoms with Gasteiger partial charge in [-0.15, -0.1) is 0 Å². The Balaban J connectivity index is 2.74. The molecule has 0 saturated heterocycles. The molecule has 1 aliphatic rings. The van der Waals surface area contributed by atoms with Crippen molar-refractivity contribution in [3.8, 4) is 0 Å². The lowest BCUT2D eigenvalue weighted by Crippen LogP contribution is -2.30. The highest BCUT2D eigenvalue weighted by molar-refractivity contribution is 5.33. The average molecular weight is 202 g/mol. The molecule has 1 aliphatic carbocycles. The summed E-state index contributed by atoms with van der Waals surface area (Å²) in [4.78, 5) is 0. The second-order valence-corrected chi connectivity index (χ2v) is 2.63. The highest BCUT2D eigenvalue weighted by atomic mass is 19.4. The van der Waals surface area contributed by atoms with Gasteiger partial charge in [0.1, 0.15) is 0 Å². The molecule has 0 heterocycles. The van der Waals surface area contributed by atoms with Crippen molar-refractivity contribution in [2.75, 3.05) is 0 Å². The Kier molecular flexibility index (Phi) is 3.01. The molecular formula is C9H9F3N2. The van der Waals surface area contributed by atoms with E-state index in [4.69, 9.17) is 5.73 Å². The molecule has 0 amide bonds. The van der Waals surface area contributed by atoms with Gasteiger partial charge in [0, 0.05) is 11.4 Å². The summed E-state index contributed by atoms with van der Waals surface area (Å²) in [7, 11) is 0. The van der Waals surface area contributed by atoms with Crippen LogP contribution in [0.25, 0.3) is 0 Å². The van der Waals surface area contributed by atoms with Crippen LogP contribution in [-0.4, -0.2) is 6.30 Å². The van der Waals surface area contributed by atoms with Crippen LogP contribution in [0, 0.1) is 0 Å². The molecule has 14 heavy (non-hydrogen) atoms. The molecule has 0 fully saturated rings. The largest absolute Gasteiger partial charge is 0.482 e. The zero-order chi connectivity index (χ0) is 10.6. The van der Waals surface area contributed by atoms with E-state index >= 15 is 0 Å². The van der Waals surface area contributed by atoms with Crippen molar-refractivity contribution >= 4 is 0 Å². The molecule has 76 valence electrons. The minimum absolute atomic E-state index is 0.0301. The third-order valence-electron chi connectivity index (χ3n) is 1.41. The van der Waals surface area contributed by atoms with E-state index in [1.54, 1.807) is 0 Å². The smallest absolute Gasteiger partial charge is 0.399 e. The molecule has 5 heteroatoms. The van der Waals surface area contributed by atoms with Crippen molar-refractivity contribution in [3.63, 3.8) is 0 Å². The maximum Gasteiger partial charge on any atom is 0.482 e. The lowest BCUT2D eigenvalue weighted by molar-refractivity contribution is -0.148. The summed E-state index contributed by atoms with van der Waals surface area (Å²) in [6.45, 7) is 0. The van der Waals surface area contributed by atoms with Gasteiger partial charge in [0.05, 0.1) is 0 Å². The Morgan fingerprint density at radius 3 is 2.36 bits per heavy atom. The highest BCUT2D eigenvalue weighted by Gasteiger charge is 2.27. The molecule has 0 radical (unpaired) electrons. The summed E-state index contributed by atoms with van der Waals surface area (Å²) in [5.74, 6) is 0. The number of nitrogens with two attached hydrogens (primary N) is 1. The van der Waals surface area contributed by atoms with Gasteiger partial charge in [0.15, 0.2) is 0 Å². The van der Waals surface area contributed by atoms with E-state index in [1.807, 2.05) is 0 Å². The van der Waals surface area contributed by atoms with Gasteiger partial charge in [-0.2, -0.15) is 13.2 Å². The molecule has 0 aliphatic heterocycles. The molecule has 0 aromatic rings. The number of hydrogen-bond acceptors (Lipinski definition) is 2. The monoisotopic (exact) mass is 202 g/mol. The Morgan fingerprint density at radius 2 is 1.71 bits per heavy atom. The van der Waals surface area contributed by atoms with Crippen LogP contribution in [0.1, 0.15) is 0 Å². The number of alkyl halides is 3. The lowest BCUT2D eigenvalue weighted by atomic mass is 10.2. The molecule has 3 N–H and O–H groups in total. The molecule has 0 saturated carbocycles. The van der Waals surface area contributed by atoms with Gasteiger partial charge in [-0.25, -0.2) is 0 Å². The van der Waals surface area contributed by atoms with Gasteiger partial charge in [0.2, 0.25) is 0 Å². The van der Waals surface area contributed by atoms with Crippen molar-refractivity contribution in [1.29, 1.82) is 0 Å². The second kappa shape index (κ2) is 4.04. The van der Waals surface area contributed by atoms with Crippen LogP contribution in [0.15, 0.2) is 47.9 Å². The van der Waals surface area contributed by atoms with E-state index in [-0.39, 0.29) is 5.70 Å². The van der Waals surface area contributed by atoms with Crippen molar-refractivity contribution in [2.24, 2.45) is 5.73 Å². The first-order valence-corrected chi connectivity index (χ1v) is 3.84. The van der Waals surface area contributed by atoms with Crippen molar-refractivity contribution in [3.05, 3.63) is 47.9 Å². The Morgan fingerprint density at radius 1 is 1.07 bits per heavy atom. The summed E-state index contributed by atoms with van der Waals surface area (Å²) in [6, 6.07) is 0. The molecule has 0 spiro atoms. The highest BCUT2D eigenvalue weighted by Crippen LogP contribution is 2.13. The first-order chi connectivity index (χ1) is 6.47. The van der Waals surface area contributed by atoms with Crippen LogP contribution in [0.3, 0.4) is 0 Å². The minimum atomic E-state index is -4.42. The molecule has 0 aromatic carbocycles. The number of nitrogens with one attached hydrogen (secondary N) is 1. The summed E-state index contributed by atoms with van der Waals surface area (Å²) < 4.78 is 35.7. The van der Waals surface area contributed by atoms with Gasteiger partial charge >= 0.3 is 6.30 Å². The van der Waals surface area contributed by atoms with E-state index in [0.29, 0.717) is 5.70 Å². The Labute approximate surface area is 79.3 Å². The fraction of sp³-hybridized carbons (Fsp3) is 0.111. The average Bonchev–Trinajstić information content (AvgIpc) is 1.97. The zero-order valence-corrected chi connectivity index (χ0v) is 7.18. The maximum absolute atomic E-state index is 11.9. The fourth-order valence-electron chi connectivity index (χ4n) is 0.884. The van der Waals surface area contributed by atoms with Gasteiger partial charge in [-0.3, -0.25) is 5.32 Å². The number of allylic oxidation sites excluding steroid dienone is 6. The standard InChI is InChI=1S/C9H9F3N2/c10-9(11,12)14-8-5-1-3-7(13)4-2-6-8/h1-6,14H,13H2. The van der Waals surface area contributed by atoms with Crippen LogP contribution < -0.4 is 11.1 Å². The van der Waals surface area contributed by atoms with E-state index in [2.05, 4.69) is 0 Å². The van der Waals surface area contributed by atoms with Crippen molar-refractivity contribution < 1.29 is 13.2 Å². The van der Waals surface area contributed by atoms with E-state index < -0.39 is 6.30 Å². The predicted octanol–water partition coefficient (Wildman–Crippen LogP) is 1.95. The topological polar surface area (TPSA) is 38.0 Å². The number of hydrogen-bond donors (Lipinski definition) is 2. The molecule has 0 atom stereocenters. The summed E-state index contributed by atoms with van der Waals surface area (Å²) in [5, 5.41) is 1.39. The summed E-state index contributed by atoms with van der Waals surface area (Å²) >= 11 is 0. The van der Waals surface area contributed by atoms with Crippen LogP contribution in [0.4, 0.5) is 13.2 Å². The van der Waals surface area contributed by atoms with E-state index in [0.717, 1.165) is 0 Å². The SMILES string of the molecule is NC1=CC=CC(NC(F)(F)F)=CC=C1. The molecule has 0 bridgehead atoms. The normalized spacial score (nSPS) is 16.8. The zero-order valence-electron chi connectivity index (χ0n) is 7.18. The fourth-order valence-corrected chi connectivity index (χ4v) is 0.884. The van der Waals surface area contributed by atoms with Crippen LogP contribution in [0.2, 0.25) is 0 Å². The minimum Gasteiger partial charge on any atom is -0.399 e. The van der Waals surface area contributed by atoms with Gasteiger partial charge < -0.3 is 5.73 Å². The summed E-state index contributed by atoms with van der Waals surface area (Å²) in [5.41, 5.74) is 5.89.